The van der Waals surface area contributed by atoms with Crippen LogP contribution in [-0.4, -0.2) is 6.04 Å². The van der Waals surface area contributed by atoms with E-state index in [1.807, 2.05) is 0 Å². The van der Waals surface area contributed by atoms with Gasteiger partial charge in [0.15, 0.2) is 0 Å². The molecule has 2 aromatic rings. The maximum atomic E-state index is 5.69. The Bertz CT molecular complexity index is 487. The third-order valence-electron chi connectivity index (χ3n) is 3.36. The van der Waals surface area contributed by atoms with E-state index in [4.69, 9.17) is 5.84 Å². The number of nitrogens with one attached hydrogen (secondary N) is 1. The van der Waals surface area contributed by atoms with Crippen molar-refractivity contribution in [2.45, 2.75) is 32.7 Å². The lowest BCUT2D eigenvalue weighted by molar-refractivity contribution is 0.522. The van der Waals surface area contributed by atoms with E-state index >= 15 is 0 Å². The molecule has 0 aliphatic carbocycles. The van der Waals surface area contributed by atoms with Crippen molar-refractivity contribution in [2.75, 3.05) is 0 Å². The van der Waals surface area contributed by atoms with Gasteiger partial charge in [-0.05, 0) is 37.8 Å². The molecule has 0 atom stereocenters. The Morgan fingerprint density at radius 2 is 1.37 bits per heavy atom. The van der Waals surface area contributed by atoms with Crippen molar-refractivity contribution in [2.24, 2.45) is 5.84 Å². The Morgan fingerprint density at radius 1 is 0.895 bits per heavy atom. The number of benzene rings is 2. The van der Waals surface area contributed by atoms with Crippen molar-refractivity contribution in [3.8, 4) is 0 Å². The first-order valence-electron chi connectivity index (χ1n) is 6.74. The van der Waals surface area contributed by atoms with Gasteiger partial charge in [-0.3, -0.25) is 11.3 Å². The van der Waals surface area contributed by atoms with Crippen molar-refractivity contribution in [3.05, 3.63) is 70.8 Å². The maximum Gasteiger partial charge on any atom is 0.0291 e. The van der Waals surface area contributed by atoms with Gasteiger partial charge in [0.2, 0.25) is 0 Å². The van der Waals surface area contributed by atoms with E-state index in [0.717, 1.165) is 12.8 Å². The minimum absolute atomic E-state index is 0.267. The molecule has 0 heterocycles. The fourth-order valence-electron chi connectivity index (χ4n) is 2.44. The van der Waals surface area contributed by atoms with E-state index in [0.29, 0.717) is 0 Å². The molecule has 0 amide bonds. The predicted octanol–water partition coefficient (Wildman–Crippen LogP) is 2.92. The molecule has 3 N–H and O–H groups in total. The Morgan fingerprint density at radius 3 is 1.74 bits per heavy atom. The molecule has 0 fully saturated rings. The zero-order valence-electron chi connectivity index (χ0n) is 11.7. The highest BCUT2D eigenvalue weighted by molar-refractivity contribution is 5.25. The highest BCUT2D eigenvalue weighted by atomic mass is 15.2. The van der Waals surface area contributed by atoms with Crippen molar-refractivity contribution in [3.63, 3.8) is 0 Å². The van der Waals surface area contributed by atoms with Crippen molar-refractivity contribution in [1.29, 1.82) is 0 Å². The van der Waals surface area contributed by atoms with Crippen LogP contribution in [0, 0.1) is 13.8 Å². The second-order valence-electron chi connectivity index (χ2n) is 5.25. The van der Waals surface area contributed by atoms with Gasteiger partial charge in [-0.2, -0.15) is 0 Å². The van der Waals surface area contributed by atoms with Gasteiger partial charge in [0.05, 0.1) is 0 Å². The van der Waals surface area contributed by atoms with Crippen LogP contribution in [0.1, 0.15) is 22.3 Å². The molecule has 0 spiro atoms. The summed E-state index contributed by atoms with van der Waals surface area (Å²) in [5.41, 5.74) is 8.19. The van der Waals surface area contributed by atoms with E-state index in [1.165, 1.54) is 22.3 Å². The Labute approximate surface area is 115 Å². The lowest BCUT2D eigenvalue weighted by Gasteiger charge is -2.16. The average Bonchev–Trinajstić information content (AvgIpc) is 2.38. The zero-order chi connectivity index (χ0) is 13.7. The molecule has 2 nitrogen and oxygen atoms in total. The molecule has 0 unspecified atom stereocenters. The molecule has 100 valence electrons. The molecule has 0 radical (unpaired) electrons. The van der Waals surface area contributed by atoms with E-state index in [2.05, 4.69) is 67.8 Å². The molecule has 2 aromatic carbocycles. The van der Waals surface area contributed by atoms with Crippen molar-refractivity contribution >= 4 is 0 Å². The molecule has 0 saturated heterocycles. The van der Waals surface area contributed by atoms with Gasteiger partial charge in [-0.15, -0.1) is 0 Å². The molecule has 0 aliphatic rings. The van der Waals surface area contributed by atoms with Crippen LogP contribution in [0.2, 0.25) is 0 Å². The van der Waals surface area contributed by atoms with E-state index in [1.54, 1.807) is 0 Å². The van der Waals surface area contributed by atoms with Crippen LogP contribution in [0.15, 0.2) is 48.5 Å². The molecular formula is C17H22N2. The molecule has 0 aliphatic heterocycles. The predicted molar refractivity (Wildman–Crippen MR) is 80.9 cm³/mol. The lowest BCUT2D eigenvalue weighted by Crippen LogP contribution is -2.38. The van der Waals surface area contributed by atoms with E-state index in [9.17, 15) is 0 Å². The van der Waals surface area contributed by atoms with Crippen LogP contribution < -0.4 is 11.3 Å². The molecular weight excluding hydrogens is 232 g/mol. The maximum absolute atomic E-state index is 5.69. The van der Waals surface area contributed by atoms with Crippen molar-refractivity contribution < 1.29 is 0 Å². The molecule has 19 heavy (non-hydrogen) atoms. The normalized spacial score (nSPS) is 10.9. The molecule has 0 saturated carbocycles. The summed E-state index contributed by atoms with van der Waals surface area (Å²) in [6, 6.07) is 17.5. The molecule has 2 rings (SSSR count). The Kier molecular flexibility index (Phi) is 4.72. The largest absolute Gasteiger partial charge is 0.271 e. The fraction of sp³-hybridized carbons (Fsp3) is 0.294. The van der Waals surface area contributed by atoms with E-state index in [-0.39, 0.29) is 6.04 Å². The van der Waals surface area contributed by atoms with Crippen LogP contribution in [0.5, 0.6) is 0 Å². The number of nitrogens with two attached hydrogens (primary N) is 1. The second-order valence-corrected chi connectivity index (χ2v) is 5.25. The van der Waals surface area contributed by atoms with Crippen LogP contribution in [0.3, 0.4) is 0 Å². The second kappa shape index (κ2) is 6.50. The minimum atomic E-state index is 0.267. The van der Waals surface area contributed by atoms with Gasteiger partial charge in [0, 0.05) is 6.04 Å². The summed E-state index contributed by atoms with van der Waals surface area (Å²) in [5, 5.41) is 0. The number of hydrogen-bond donors (Lipinski definition) is 2. The molecule has 0 bridgehead atoms. The zero-order valence-corrected chi connectivity index (χ0v) is 11.7. The number of aryl methyl sites for hydroxylation is 2. The van der Waals surface area contributed by atoms with Crippen LogP contribution in [-0.2, 0) is 12.8 Å². The summed E-state index contributed by atoms with van der Waals surface area (Å²) in [5.74, 6) is 5.69. The quantitative estimate of drug-likeness (QED) is 0.636. The summed E-state index contributed by atoms with van der Waals surface area (Å²) in [4.78, 5) is 0. The smallest absolute Gasteiger partial charge is 0.0291 e. The fourth-order valence-corrected chi connectivity index (χ4v) is 2.44. The van der Waals surface area contributed by atoms with Gasteiger partial charge in [0.1, 0.15) is 0 Å². The Hall–Kier alpha value is -1.64. The summed E-state index contributed by atoms with van der Waals surface area (Å²) in [6.07, 6.45) is 1.90. The highest BCUT2D eigenvalue weighted by Crippen LogP contribution is 2.11. The number of rotatable bonds is 5. The monoisotopic (exact) mass is 254 g/mol. The number of hydrazine groups is 1. The topological polar surface area (TPSA) is 38.0 Å². The minimum Gasteiger partial charge on any atom is -0.271 e. The van der Waals surface area contributed by atoms with Crippen molar-refractivity contribution in [1.82, 2.24) is 5.43 Å². The third-order valence-corrected chi connectivity index (χ3v) is 3.36. The summed E-state index contributed by atoms with van der Waals surface area (Å²) >= 11 is 0. The first-order chi connectivity index (χ1) is 9.17. The summed E-state index contributed by atoms with van der Waals surface area (Å²) in [6.45, 7) is 4.24. The van der Waals surface area contributed by atoms with Gasteiger partial charge in [-0.1, -0.05) is 59.7 Å². The van der Waals surface area contributed by atoms with Gasteiger partial charge >= 0.3 is 0 Å². The van der Waals surface area contributed by atoms with Crippen LogP contribution in [0.4, 0.5) is 0 Å². The Balaban J connectivity index is 2.04. The van der Waals surface area contributed by atoms with Crippen LogP contribution >= 0.6 is 0 Å². The first-order valence-corrected chi connectivity index (χ1v) is 6.74. The number of hydrogen-bond acceptors (Lipinski definition) is 2. The van der Waals surface area contributed by atoms with E-state index < -0.39 is 0 Å². The third kappa shape index (κ3) is 4.19. The lowest BCUT2D eigenvalue weighted by atomic mass is 9.98. The molecule has 0 aromatic heterocycles. The SMILES string of the molecule is Cc1cccc(CC(Cc2cccc(C)c2)NN)c1. The average molecular weight is 254 g/mol. The summed E-state index contributed by atoms with van der Waals surface area (Å²) in [7, 11) is 0. The molecule has 2 heteroatoms. The van der Waals surface area contributed by atoms with Crippen LogP contribution in [0.25, 0.3) is 0 Å². The van der Waals surface area contributed by atoms with Gasteiger partial charge in [-0.25, -0.2) is 0 Å². The van der Waals surface area contributed by atoms with Gasteiger partial charge in [0.25, 0.3) is 0 Å². The standard InChI is InChI=1S/C17H22N2/c1-13-5-3-7-15(9-13)11-17(19-18)12-16-8-4-6-14(2)10-16/h3-10,17,19H,11-12,18H2,1-2H3. The summed E-state index contributed by atoms with van der Waals surface area (Å²) < 4.78 is 0. The first kappa shape index (κ1) is 13.8. The highest BCUT2D eigenvalue weighted by Gasteiger charge is 2.09. The van der Waals surface area contributed by atoms with Gasteiger partial charge < -0.3 is 0 Å².